The zero-order valence-electron chi connectivity index (χ0n) is 15.2. The van der Waals surface area contributed by atoms with Gasteiger partial charge >= 0.3 is 11.9 Å². The number of carbonyl (C=O) groups is 2. The Labute approximate surface area is 158 Å². The first-order valence-electron chi connectivity index (χ1n) is 8.79. The van der Waals surface area contributed by atoms with Crippen molar-refractivity contribution < 1.29 is 28.5 Å². The van der Waals surface area contributed by atoms with Crippen molar-refractivity contribution in [2.75, 3.05) is 7.11 Å². The molecule has 2 aromatic carbocycles. The first-order valence-corrected chi connectivity index (χ1v) is 8.79. The van der Waals surface area contributed by atoms with E-state index in [1.807, 2.05) is 19.1 Å². The van der Waals surface area contributed by atoms with E-state index in [9.17, 15) is 9.59 Å². The summed E-state index contributed by atoms with van der Waals surface area (Å²) < 4.78 is 22.3. The van der Waals surface area contributed by atoms with Crippen molar-refractivity contribution in [2.45, 2.75) is 37.9 Å². The van der Waals surface area contributed by atoms with Gasteiger partial charge in [-0.3, -0.25) is 0 Å². The Morgan fingerprint density at radius 2 is 1.41 bits per heavy atom. The molecule has 142 valence electrons. The number of benzene rings is 2. The summed E-state index contributed by atoms with van der Waals surface area (Å²) in [4.78, 5) is 25.0. The summed E-state index contributed by atoms with van der Waals surface area (Å²) in [6.07, 6.45) is -2.19. The molecule has 0 amide bonds. The first kappa shape index (κ1) is 19.1. The smallest absolute Gasteiger partial charge is 0.338 e. The Balaban J connectivity index is 1.77. The molecule has 0 aromatic heterocycles. The molecule has 0 spiro atoms. The van der Waals surface area contributed by atoms with Crippen LogP contribution in [0.1, 0.15) is 34.1 Å². The molecule has 0 N–H and O–H groups in total. The average Bonchev–Trinajstić information content (AvgIpc) is 2.70. The van der Waals surface area contributed by atoms with Gasteiger partial charge in [0.15, 0.2) is 12.4 Å². The standard InChI is InChI=1S/C21H22O6/c1-14-13-17(26-19(22)15-9-5-3-6-10-15)18(21(24-2)25-14)27-20(23)16-11-7-4-8-12-16/h3-12,14,17-18,21H,13H2,1-2H3/t14-,17+,18-,21+/m1/s1. The third kappa shape index (κ3) is 4.72. The van der Waals surface area contributed by atoms with E-state index >= 15 is 0 Å². The maximum Gasteiger partial charge on any atom is 0.338 e. The highest BCUT2D eigenvalue weighted by Crippen LogP contribution is 2.27. The van der Waals surface area contributed by atoms with Crippen LogP contribution in [0, 0.1) is 0 Å². The summed E-state index contributed by atoms with van der Waals surface area (Å²) in [7, 11) is 1.46. The zero-order valence-corrected chi connectivity index (χ0v) is 15.2. The molecule has 1 aliphatic heterocycles. The van der Waals surface area contributed by atoms with Crippen LogP contribution < -0.4 is 0 Å². The second-order valence-electron chi connectivity index (χ2n) is 6.33. The molecule has 2 aromatic rings. The van der Waals surface area contributed by atoms with Crippen molar-refractivity contribution in [1.29, 1.82) is 0 Å². The minimum Gasteiger partial charge on any atom is -0.455 e. The molecule has 4 atom stereocenters. The number of ether oxygens (including phenoxy) is 4. The van der Waals surface area contributed by atoms with Crippen molar-refractivity contribution in [3.8, 4) is 0 Å². The summed E-state index contributed by atoms with van der Waals surface area (Å²) in [5.74, 6) is -1.01. The Hall–Kier alpha value is -2.70. The fraction of sp³-hybridized carbons (Fsp3) is 0.333. The third-order valence-electron chi connectivity index (χ3n) is 4.32. The second kappa shape index (κ2) is 8.79. The molecular formula is C21H22O6. The molecule has 0 saturated carbocycles. The van der Waals surface area contributed by atoms with Gasteiger partial charge in [-0.05, 0) is 31.2 Å². The Morgan fingerprint density at radius 1 is 0.889 bits per heavy atom. The van der Waals surface area contributed by atoms with Gasteiger partial charge in [-0.25, -0.2) is 9.59 Å². The van der Waals surface area contributed by atoms with Crippen molar-refractivity contribution >= 4 is 11.9 Å². The van der Waals surface area contributed by atoms with Gasteiger partial charge in [0.1, 0.15) is 6.10 Å². The molecule has 0 bridgehead atoms. The fourth-order valence-electron chi connectivity index (χ4n) is 2.98. The quantitative estimate of drug-likeness (QED) is 0.753. The predicted molar refractivity (Wildman–Crippen MR) is 97.3 cm³/mol. The first-order chi connectivity index (χ1) is 13.1. The van der Waals surface area contributed by atoms with Gasteiger partial charge in [0.25, 0.3) is 0 Å². The van der Waals surface area contributed by atoms with Crippen LogP contribution in [0.3, 0.4) is 0 Å². The number of methoxy groups -OCH3 is 1. The van der Waals surface area contributed by atoms with Crippen LogP contribution in [0.15, 0.2) is 60.7 Å². The molecular weight excluding hydrogens is 348 g/mol. The number of carbonyl (C=O) groups excluding carboxylic acids is 2. The van der Waals surface area contributed by atoms with Gasteiger partial charge in [-0.1, -0.05) is 36.4 Å². The van der Waals surface area contributed by atoms with E-state index in [2.05, 4.69) is 0 Å². The van der Waals surface area contributed by atoms with Crippen molar-refractivity contribution in [3.05, 3.63) is 71.8 Å². The summed E-state index contributed by atoms with van der Waals surface area (Å²) in [6.45, 7) is 1.85. The van der Waals surface area contributed by atoms with Crippen LogP contribution >= 0.6 is 0 Å². The highest BCUT2D eigenvalue weighted by molar-refractivity contribution is 5.90. The lowest BCUT2D eigenvalue weighted by Gasteiger charge is -2.38. The van der Waals surface area contributed by atoms with Crippen LogP contribution in [0.25, 0.3) is 0 Å². The molecule has 6 nitrogen and oxygen atoms in total. The van der Waals surface area contributed by atoms with Crippen LogP contribution in [-0.2, 0) is 18.9 Å². The molecule has 3 rings (SSSR count). The van der Waals surface area contributed by atoms with Crippen LogP contribution in [0.5, 0.6) is 0 Å². The maximum absolute atomic E-state index is 12.5. The molecule has 6 heteroatoms. The van der Waals surface area contributed by atoms with Gasteiger partial charge < -0.3 is 18.9 Å². The maximum atomic E-state index is 12.5. The molecule has 0 radical (unpaired) electrons. The van der Waals surface area contributed by atoms with Gasteiger partial charge in [0, 0.05) is 13.5 Å². The summed E-state index contributed by atoms with van der Waals surface area (Å²) in [5.41, 5.74) is 0.831. The third-order valence-corrected chi connectivity index (χ3v) is 4.32. The molecule has 27 heavy (non-hydrogen) atoms. The SMILES string of the molecule is CO[C@H]1O[C@H](C)C[C@H](OC(=O)c2ccccc2)[C@H]1OC(=O)c1ccccc1. The molecule has 0 aliphatic carbocycles. The summed E-state index contributed by atoms with van der Waals surface area (Å²) >= 11 is 0. The highest BCUT2D eigenvalue weighted by Gasteiger charge is 2.43. The molecule has 1 saturated heterocycles. The van der Waals surface area contributed by atoms with E-state index in [1.165, 1.54) is 7.11 Å². The van der Waals surface area contributed by atoms with Crippen molar-refractivity contribution in [3.63, 3.8) is 0 Å². The van der Waals surface area contributed by atoms with Gasteiger partial charge in [0.2, 0.25) is 0 Å². The molecule has 0 unspecified atom stereocenters. The van der Waals surface area contributed by atoms with E-state index in [1.54, 1.807) is 48.5 Å². The Kier molecular flexibility index (Phi) is 6.21. The monoisotopic (exact) mass is 370 g/mol. The second-order valence-corrected chi connectivity index (χ2v) is 6.33. The number of hydrogen-bond donors (Lipinski definition) is 0. The summed E-state index contributed by atoms with van der Waals surface area (Å²) in [5, 5.41) is 0. The lowest BCUT2D eigenvalue weighted by molar-refractivity contribution is -0.253. The largest absolute Gasteiger partial charge is 0.455 e. The van der Waals surface area contributed by atoms with E-state index in [0.29, 0.717) is 17.5 Å². The Morgan fingerprint density at radius 3 is 1.93 bits per heavy atom. The molecule has 1 heterocycles. The molecule has 1 aliphatic rings. The highest BCUT2D eigenvalue weighted by atomic mass is 16.7. The number of esters is 2. The van der Waals surface area contributed by atoms with E-state index < -0.39 is 30.4 Å². The van der Waals surface area contributed by atoms with Gasteiger partial charge in [-0.15, -0.1) is 0 Å². The summed E-state index contributed by atoms with van der Waals surface area (Å²) in [6, 6.07) is 17.3. The normalized spacial score (nSPS) is 24.8. The van der Waals surface area contributed by atoms with Crippen LogP contribution in [-0.4, -0.2) is 43.7 Å². The van der Waals surface area contributed by atoms with E-state index in [4.69, 9.17) is 18.9 Å². The predicted octanol–water partition coefficient (Wildman–Crippen LogP) is 3.22. The topological polar surface area (TPSA) is 71.1 Å². The lowest BCUT2D eigenvalue weighted by Crippen LogP contribution is -2.52. The van der Waals surface area contributed by atoms with Gasteiger partial charge in [-0.2, -0.15) is 0 Å². The van der Waals surface area contributed by atoms with Gasteiger partial charge in [0.05, 0.1) is 17.2 Å². The molecule has 1 fully saturated rings. The van der Waals surface area contributed by atoms with Crippen molar-refractivity contribution in [1.82, 2.24) is 0 Å². The minimum absolute atomic E-state index is 0.213. The van der Waals surface area contributed by atoms with Crippen LogP contribution in [0.2, 0.25) is 0 Å². The lowest BCUT2D eigenvalue weighted by atomic mass is 10.0. The Bertz CT molecular complexity index is 761. The van der Waals surface area contributed by atoms with E-state index in [-0.39, 0.29) is 6.10 Å². The minimum atomic E-state index is -0.869. The van der Waals surface area contributed by atoms with Crippen LogP contribution in [0.4, 0.5) is 0 Å². The number of hydrogen-bond acceptors (Lipinski definition) is 6. The average molecular weight is 370 g/mol. The van der Waals surface area contributed by atoms with E-state index in [0.717, 1.165) is 0 Å². The van der Waals surface area contributed by atoms with Crippen molar-refractivity contribution in [2.24, 2.45) is 0 Å². The zero-order chi connectivity index (χ0) is 19.2. The number of rotatable bonds is 5. The fourth-order valence-corrected chi connectivity index (χ4v) is 2.98.